The van der Waals surface area contributed by atoms with E-state index in [1.807, 2.05) is 36.9 Å². The smallest absolute Gasteiger partial charge is 0.263 e. The molecule has 0 aromatic heterocycles. The zero-order chi connectivity index (χ0) is 30.7. The standard InChI is InChI=1S/C35H47ClN2O3S2/c1-6-8-25-17-29(36)13-15-31(25)35(4)21-38-19-27-11-14-30(27)28(20-42-5)10-7-9-23(2)24(3)43(40)37-34(39)26-12-16-33(41-22-35)32(38)18-26/h7,10,12-13,15-18,23-24,27-28,30H,6,8-9,11,14,19-22H2,1-5H3,(H,37,39)/b10-7+/t23?,24?,27?,28?,30?,35-,43?/m0/s1. The Kier molecular flexibility index (Phi) is 10.6. The Labute approximate surface area is 270 Å². The number of anilines is 1. The number of benzene rings is 2. The molecule has 2 aromatic rings. The third kappa shape index (κ3) is 7.15. The van der Waals surface area contributed by atoms with Gasteiger partial charge in [0.25, 0.3) is 5.91 Å². The summed E-state index contributed by atoms with van der Waals surface area (Å²) in [5, 5.41) is 0.607. The average molecular weight is 643 g/mol. The fraction of sp³-hybridized carbons (Fsp3) is 0.571. The van der Waals surface area contributed by atoms with Crippen molar-refractivity contribution in [2.75, 3.05) is 36.6 Å². The molecule has 1 amide bonds. The summed E-state index contributed by atoms with van der Waals surface area (Å²) in [7, 11) is -1.48. The molecule has 0 spiro atoms. The van der Waals surface area contributed by atoms with E-state index in [-0.39, 0.29) is 22.5 Å². The minimum absolute atomic E-state index is 0.157. The number of allylic oxidation sites excluding steroid dienone is 2. The van der Waals surface area contributed by atoms with Crippen LogP contribution >= 0.6 is 23.4 Å². The average Bonchev–Trinajstić information content (AvgIpc) is 3.10. The lowest BCUT2D eigenvalue weighted by Crippen LogP contribution is -2.47. The zero-order valence-electron chi connectivity index (χ0n) is 26.2. The number of halogens is 1. The first-order valence-electron chi connectivity index (χ1n) is 15.8. The second-order valence-electron chi connectivity index (χ2n) is 13.2. The normalized spacial score (nSPS) is 32.0. The number of nitrogens with one attached hydrogen (secondary N) is 1. The lowest BCUT2D eigenvalue weighted by molar-refractivity contribution is 0.0982. The molecule has 234 valence electrons. The van der Waals surface area contributed by atoms with Crippen LogP contribution in [0.3, 0.4) is 0 Å². The van der Waals surface area contributed by atoms with Crippen LogP contribution in [0.2, 0.25) is 5.02 Å². The van der Waals surface area contributed by atoms with E-state index in [2.05, 4.69) is 60.9 Å². The predicted molar refractivity (Wildman–Crippen MR) is 183 cm³/mol. The summed E-state index contributed by atoms with van der Waals surface area (Å²) in [5.41, 5.74) is 3.74. The Morgan fingerprint density at radius 3 is 2.72 bits per heavy atom. The molecule has 2 heterocycles. The monoisotopic (exact) mass is 642 g/mol. The molecule has 43 heavy (non-hydrogen) atoms. The van der Waals surface area contributed by atoms with Crippen LogP contribution in [-0.2, 0) is 22.8 Å². The number of amides is 1. The van der Waals surface area contributed by atoms with Crippen LogP contribution < -0.4 is 14.4 Å². The fourth-order valence-corrected chi connectivity index (χ4v) is 9.02. The lowest BCUT2D eigenvalue weighted by atomic mass is 9.67. The van der Waals surface area contributed by atoms with Crippen LogP contribution in [0.1, 0.15) is 74.9 Å². The highest BCUT2D eigenvalue weighted by Crippen LogP contribution is 2.46. The second-order valence-corrected chi connectivity index (χ2v) is 16.0. The molecule has 1 saturated carbocycles. The van der Waals surface area contributed by atoms with E-state index in [4.69, 9.17) is 16.3 Å². The predicted octanol–water partition coefficient (Wildman–Crippen LogP) is 7.83. The van der Waals surface area contributed by atoms with E-state index >= 15 is 0 Å². The lowest BCUT2D eigenvalue weighted by Gasteiger charge is -2.45. The van der Waals surface area contributed by atoms with Gasteiger partial charge in [-0.25, -0.2) is 4.21 Å². The Hall–Kier alpha value is -1.96. The largest absolute Gasteiger partial charge is 0.490 e. The molecule has 2 aliphatic heterocycles. The van der Waals surface area contributed by atoms with Crippen molar-refractivity contribution < 1.29 is 13.7 Å². The van der Waals surface area contributed by atoms with Crippen molar-refractivity contribution in [2.24, 2.45) is 23.7 Å². The molecular weight excluding hydrogens is 596 g/mol. The number of carbonyl (C=O) groups is 1. The molecule has 1 N–H and O–H groups in total. The number of fused-ring (bicyclic) bond motifs is 2. The summed E-state index contributed by atoms with van der Waals surface area (Å²) in [6.45, 7) is 10.8. The van der Waals surface area contributed by atoms with Crippen molar-refractivity contribution >= 4 is 45.9 Å². The topological polar surface area (TPSA) is 58.6 Å². The maximum absolute atomic E-state index is 13.4. The van der Waals surface area contributed by atoms with Gasteiger partial charge in [0.15, 0.2) is 0 Å². The first-order chi connectivity index (χ1) is 20.6. The third-order valence-corrected chi connectivity index (χ3v) is 12.4. The first-order valence-corrected chi connectivity index (χ1v) is 18.8. The van der Waals surface area contributed by atoms with Crippen molar-refractivity contribution in [1.82, 2.24) is 4.72 Å². The van der Waals surface area contributed by atoms with E-state index in [1.165, 1.54) is 24.0 Å². The summed E-state index contributed by atoms with van der Waals surface area (Å²) in [6, 6.07) is 12.0. The second kappa shape index (κ2) is 14.0. The molecule has 5 rings (SSSR count). The van der Waals surface area contributed by atoms with Crippen molar-refractivity contribution in [3.63, 3.8) is 0 Å². The Morgan fingerprint density at radius 2 is 2.00 bits per heavy atom. The summed E-state index contributed by atoms with van der Waals surface area (Å²) >= 11 is 8.39. The number of carbonyl (C=O) groups excluding carboxylic acids is 1. The Balaban J connectivity index is 1.57. The van der Waals surface area contributed by atoms with Gasteiger partial charge in [-0.05, 0) is 110 Å². The van der Waals surface area contributed by atoms with Crippen LogP contribution in [0.4, 0.5) is 5.69 Å². The van der Waals surface area contributed by atoms with E-state index in [9.17, 15) is 9.00 Å². The minimum atomic E-state index is -1.48. The van der Waals surface area contributed by atoms with E-state index in [0.29, 0.717) is 29.9 Å². The van der Waals surface area contributed by atoms with Gasteiger partial charge in [0, 0.05) is 29.1 Å². The highest BCUT2D eigenvalue weighted by Gasteiger charge is 2.41. The van der Waals surface area contributed by atoms with Crippen molar-refractivity contribution in [1.29, 1.82) is 0 Å². The molecule has 0 saturated heterocycles. The van der Waals surface area contributed by atoms with Gasteiger partial charge in [0.2, 0.25) is 0 Å². The van der Waals surface area contributed by atoms with Gasteiger partial charge in [0.1, 0.15) is 16.7 Å². The van der Waals surface area contributed by atoms with Crippen LogP contribution in [0, 0.1) is 23.7 Å². The van der Waals surface area contributed by atoms with Crippen molar-refractivity contribution in [2.45, 2.75) is 70.5 Å². The highest BCUT2D eigenvalue weighted by molar-refractivity contribution is 7.98. The molecule has 6 unspecified atom stereocenters. The summed E-state index contributed by atoms with van der Waals surface area (Å²) in [5.74, 6) is 3.49. The number of hydrogen-bond acceptors (Lipinski definition) is 5. The number of ether oxygens (including phenoxy) is 1. The van der Waals surface area contributed by atoms with Gasteiger partial charge < -0.3 is 9.64 Å². The number of aryl methyl sites for hydroxylation is 1. The third-order valence-electron chi connectivity index (χ3n) is 9.95. The fourth-order valence-electron chi connectivity index (χ4n) is 7.07. The number of hydrogen-bond donors (Lipinski definition) is 1. The van der Waals surface area contributed by atoms with Gasteiger partial charge in [-0.2, -0.15) is 11.8 Å². The molecule has 8 heteroatoms. The molecule has 2 bridgehead atoms. The number of thioether (sulfide) groups is 1. The van der Waals surface area contributed by atoms with E-state index < -0.39 is 11.0 Å². The quantitative estimate of drug-likeness (QED) is 0.337. The summed E-state index contributed by atoms with van der Waals surface area (Å²) in [4.78, 5) is 15.9. The SMILES string of the molecule is CCCc1cc(Cl)ccc1[C@]1(C)COc2ccc3cc2N(CC2CCC2C(CSC)/C=C/CC(C)C(C)S(=O)NC3=O)C1. The van der Waals surface area contributed by atoms with Crippen molar-refractivity contribution in [3.05, 3.63) is 70.3 Å². The maximum atomic E-state index is 13.4. The maximum Gasteiger partial charge on any atom is 0.263 e. The molecule has 2 aromatic carbocycles. The number of nitrogens with zero attached hydrogens (tertiary/aromatic N) is 1. The number of rotatable bonds is 5. The summed E-state index contributed by atoms with van der Waals surface area (Å²) < 4.78 is 22.6. The van der Waals surface area contributed by atoms with E-state index in [1.54, 1.807) is 6.07 Å². The first kappa shape index (κ1) is 32.4. The van der Waals surface area contributed by atoms with Crippen LogP contribution in [0.25, 0.3) is 0 Å². The van der Waals surface area contributed by atoms with Crippen LogP contribution in [0.15, 0.2) is 48.6 Å². The molecule has 3 aliphatic rings. The molecule has 0 radical (unpaired) electrons. The molecular formula is C35H47ClN2O3S2. The van der Waals surface area contributed by atoms with Gasteiger partial charge in [-0.3, -0.25) is 9.52 Å². The van der Waals surface area contributed by atoms with Gasteiger partial charge >= 0.3 is 0 Å². The Morgan fingerprint density at radius 1 is 1.19 bits per heavy atom. The Bertz CT molecular complexity index is 1370. The zero-order valence-corrected chi connectivity index (χ0v) is 28.6. The van der Waals surface area contributed by atoms with Gasteiger partial charge in [-0.15, -0.1) is 0 Å². The van der Waals surface area contributed by atoms with Gasteiger partial charge in [0.05, 0.1) is 17.5 Å². The molecule has 7 atom stereocenters. The van der Waals surface area contributed by atoms with Crippen LogP contribution in [-0.4, -0.2) is 47.1 Å². The van der Waals surface area contributed by atoms with Crippen LogP contribution in [0.5, 0.6) is 5.75 Å². The molecule has 5 nitrogen and oxygen atoms in total. The molecule has 1 fully saturated rings. The van der Waals surface area contributed by atoms with Crippen molar-refractivity contribution in [3.8, 4) is 5.75 Å². The minimum Gasteiger partial charge on any atom is -0.490 e. The van der Waals surface area contributed by atoms with Gasteiger partial charge in [-0.1, -0.05) is 57.0 Å². The highest BCUT2D eigenvalue weighted by atomic mass is 35.5. The van der Waals surface area contributed by atoms with E-state index in [0.717, 1.165) is 54.6 Å². The summed E-state index contributed by atoms with van der Waals surface area (Å²) in [6.07, 6.45) is 12.2. The molecule has 1 aliphatic carbocycles.